The summed E-state index contributed by atoms with van der Waals surface area (Å²) in [5, 5.41) is 17.7. The molecule has 8 heteroatoms. The van der Waals surface area contributed by atoms with Crippen molar-refractivity contribution in [3.05, 3.63) is 47.8 Å². The summed E-state index contributed by atoms with van der Waals surface area (Å²) in [7, 11) is 3.06. The molecule has 0 spiro atoms. The summed E-state index contributed by atoms with van der Waals surface area (Å²) >= 11 is 0. The van der Waals surface area contributed by atoms with E-state index in [-0.39, 0.29) is 11.5 Å². The minimum absolute atomic E-state index is 0.135. The Hall–Kier alpha value is -3.42. The van der Waals surface area contributed by atoms with Gasteiger partial charge in [0.15, 0.2) is 11.5 Å². The highest BCUT2D eigenvalue weighted by molar-refractivity contribution is 5.91. The predicted octanol–water partition coefficient (Wildman–Crippen LogP) is 3.77. The van der Waals surface area contributed by atoms with Crippen molar-refractivity contribution < 1.29 is 19.4 Å². The van der Waals surface area contributed by atoms with E-state index in [9.17, 15) is 9.90 Å². The van der Waals surface area contributed by atoms with Gasteiger partial charge in [0.05, 0.1) is 14.2 Å². The molecule has 0 atom stereocenters. The molecule has 3 aromatic rings. The SMILES string of the molecule is COc1ccc(OC)c(N=Nc2c(C(=O)O)nc3ccc(C)cn23)c1. The Bertz CT molecular complexity index is 978. The van der Waals surface area contributed by atoms with E-state index < -0.39 is 5.97 Å². The molecule has 2 aromatic heterocycles. The number of benzene rings is 1. The summed E-state index contributed by atoms with van der Waals surface area (Å²) in [6, 6.07) is 8.66. The van der Waals surface area contributed by atoms with Crippen molar-refractivity contribution >= 4 is 23.1 Å². The number of pyridine rings is 1. The van der Waals surface area contributed by atoms with E-state index in [4.69, 9.17) is 9.47 Å². The molecule has 2 heterocycles. The third-order valence-corrected chi connectivity index (χ3v) is 3.58. The maximum absolute atomic E-state index is 11.5. The number of fused-ring (bicyclic) bond motifs is 1. The molecule has 0 amide bonds. The van der Waals surface area contributed by atoms with E-state index in [1.165, 1.54) is 7.11 Å². The number of nitrogens with zero attached hydrogens (tertiary/aromatic N) is 4. The molecule has 1 N–H and O–H groups in total. The molecule has 0 fully saturated rings. The fourth-order valence-corrected chi connectivity index (χ4v) is 2.35. The van der Waals surface area contributed by atoms with Crippen molar-refractivity contribution in [3.63, 3.8) is 0 Å². The van der Waals surface area contributed by atoms with Crippen LogP contribution in [-0.2, 0) is 0 Å². The molecular weight excluding hydrogens is 324 g/mol. The third kappa shape index (κ3) is 3.14. The van der Waals surface area contributed by atoms with Crippen molar-refractivity contribution in [1.82, 2.24) is 9.38 Å². The van der Waals surface area contributed by atoms with Crippen LogP contribution >= 0.6 is 0 Å². The van der Waals surface area contributed by atoms with Crippen LogP contribution in [0.3, 0.4) is 0 Å². The molecule has 3 rings (SSSR count). The van der Waals surface area contributed by atoms with E-state index in [0.29, 0.717) is 22.8 Å². The average Bonchev–Trinajstić information content (AvgIpc) is 2.97. The lowest BCUT2D eigenvalue weighted by atomic mass is 10.3. The Morgan fingerprint density at radius 1 is 1.16 bits per heavy atom. The average molecular weight is 340 g/mol. The zero-order chi connectivity index (χ0) is 18.0. The molecular formula is C17H16N4O4. The number of carboxylic acids is 1. The lowest BCUT2D eigenvalue weighted by Crippen LogP contribution is -1.96. The summed E-state index contributed by atoms with van der Waals surface area (Å²) < 4.78 is 12.0. The van der Waals surface area contributed by atoms with Crippen molar-refractivity contribution in [1.29, 1.82) is 0 Å². The molecule has 0 saturated heterocycles. The van der Waals surface area contributed by atoms with E-state index >= 15 is 0 Å². The van der Waals surface area contributed by atoms with Crippen molar-refractivity contribution in [2.45, 2.75) is 6.92 Å². The maximum Gasteiger partial charge on any atom is 0.358 e. The number of hydrogen-bond acceptors (Lipinski definition) is 6. The van der Waals surface area contributed by atoms with E-state index in [2.05, 4.69) is 15.2 Å². The van der Waals surface area contributed by atoms with Crippen LogP contribution in [0.15, 0.2) is 46.8 Å². The summed E-state index contributed by atoms with van der Waals surface area (Å²) in [5.41, 5.74) is 1.67. The highest BCUT2D eigenvalue weighted by atomic mass is 16.5. The first-order chi connectivity index (χ1) is 12.0. The monoisotopic (exact) mass is 340 g/mol. The van der Waals surface area contributed by atoms with Gasteiger partial charge in [-0.25, -0.2) is 9.78 Å². The number of aryl methyl sites for hydroxylation is 1. The molecule has 0 unspecified atom stereocenters. The van der Waals surface area contributed by atoms with Crippen LogP contribution in [0.4, 0.5) is 11.5 Å². The number of hydrogen-bond donors (Lipinski definition) is 1. The fourth-order valence-electron chi connectivity index (χ4n) is 2.35. The van der Waals surface area contributed by atoms with Gasteiger partial charge in [-0.15, -0.1) is 10.2 Å². The fraction of sp³-hybridized carbons (Fsp3) is 0.176. The Balaban J connectivity index is 2.14. The van der Waals surface area contributed by atoms with Crippen LogP contribution in [0.1, 0.15) is 16.1 Å². The Morgan fingerprint density at radius 3 is 2.64 bits per heavy atom. The molecule has 0 aliphatic carbocycles. The molecule has 25 heavy (non-hydrogen) atoms. The van der Waals surface area contributed by atoms with Crippen molar-refractivity contribution in [3.8, 4) is 11.5 Å². The lowest BCUT2D eigenvalue weighted by molar-refractivity contribution is 0.0692. The summed E-state index contributed by atoms with van der Waals surface area (Å²) in [5.74, 6) is 0.0394. The van der Waals surface area contributed by atoms with Crippen LogP contribution in [0.5, 0.6) is 11.5 Å². The normalized spacial score (nSPS) is 11.2. The van der Waals surface area contributed by atoms with Gasteiger partial charge < -0.3 is 14.6 Å². The van der Waals surface area contributed by atoms with Crippen LogP contribution < -0.4 is 9.47 Å². The Labute approximate surface area is 143 Å². The molecule has 0 aliphatic rings. The second-order valence-corrected chi connectivity index (χ2v) is 5.26. The van der Waals surface area contributed by atoms with Gasteiger partial charge in [-0.1, -0.05) is 6.07 Å². The number of rotatable bonds is 5. The molecule has 0 aliphatic heterocycles. The molecule has 0 radical (unpaired) electrons. The predicted molar refractivity (Wildman–Crippen MR) is 90.6 cm³/mol. The first kappa shape index (κ1) is 16.4. The molecule has 1 aromatic carbocycles. The minimum Gasteiger partial charge on any atom is -0.497 e. The van der Waals surface area contributed by atoms with Crippen LogP contribution in [0, 0.1) is 6.92 Å². The molecule has 128 valence electrons. The lowest BCUT2D eigenvalue weighted by Gasteiger charge is -2.05. The number of imidazole rings is 1. The van der Waals surface area contributed by atoms with E-state index in [1.807, 2.05) is 13.0 Å². The highest BCUT2D eigenvalue weighted by Gasteiger charge is 2.18. The van der Waals surface area contributed by atoms with Crippen LogP contribution in [0.25, 0.3) is 5.65 Å². The molecule has 8 nitrogen and oxygen atoms in total. The number of azo groups is 1. The quantitative estimate of drug-likeness (QED) is 0.713. The Morgan fingerprint density at radius 2 is 1.96 bits per heavy atom. The summed E-state index contributed by atoms with van der Waals surface area (Å²) in [4.78, 5) is 15.6. The topological polar surface area (TPSA) is 97.8 Å². The summed E-state index contributed by atoms with van der Waals surface area (Å²) in [6.45, 7) is 1.89. The van der Waals surface area contributed by atoms with Crippen LogP contribution in [0.2, 0.25) is 0 Å². The van der Waals surface area contributed by atoms with Gasteiger partial charge in [-0.2, -0.15) is 0 Å². The number of carboxylic acid groups (broad SMARTS) is 1. The van der Waals surface area contributed by atoms with Gasteiger partial charge >= 0.3 is 5.97 Å². The maximum atomic E-state index is 11.5. The van der Waals surface area contributed by atoms with Gasteiger partial charge in [-0.05, 0) is 30.7 Å². The van der Waals surface area contributed by atoms with Gasteiger partial charge in [-0.3, -0.25) is 4.40 Å². The van der Waals surface area contributed by atoms with Crippen LogP contribution in [-0.4, -0.2) is 34.7 Å². The number of carbonyl (C=O) groups is 1. The summed E-state index contributed by atoms with van der Waals surface area (Å²) in [6.07, 6.45) is 1.76. The number of ether oxygens (including phenoxy) is 2. The molecule has 0 saturated carbocycles. The minimum atomic E-state index is -1.17. The van der Waals surface area contributed by atoms with E-state index in [0.717, 1.165) is 5.56 Å². The smallest absolute Gasteiger partial charge is 0.358 e. The molecule has 0 bridgehead atoms. The van der Waals surface area contributed by atoms with E-state index in [1.54, 1.807) is 42.0 Å². The number of aromatic nitrogens is 2. The number of methoxy groups -OCH3 is 2. The zero-order valence-corrected chi connectivity index (χ0v) is 13.9. The third-order valence-electron chi connectivity index (χ3n) is 3.58. The van der Waals surface area contributed by atoms with Gasteiger partial charge in [0.2, 0.25) is 0 Å². The zero-order valence-electron chi connectivity index (χ0n) is 13.9. The first-order valence-electron chi connectivity index (χ1n) is 7.39. The largest absolute Gasteiger partial charge is 0.497 e. The highest BCUT2D eigenvalue weighted by Crippen LogP contribution is 2.33. The second-order valence-electron chi connectivity index (χ2n) is 5.26. The number of aromatic carboxylic acids is 1. The Kier molecular flexibility index (Phi) is 4.34. The van der Waals surface area contributed by atoms with Gasteiger partial charge in [0, 0.05) is 12.3 Å². The first-order valence-corrected chi connectivity index (χ1v) is 7.39. The second kappa shape index (κ2) is 6.60. The van der Waals surface area contributed by atoms with Gasteiger partial charge in [0.1, 0.15) is 22.8 Å². The standard InChI is InChI=1S/C17H16N4O4/c1-10-4-7-14-18-15(17(22)23)16(21(14)9-10)20-19-12-8-11(24-2)5-6-13(12)25-3/h4-9H,1-3H3,(H,22,23). The van der Waals surface area contributed by atoms with Crippen molar-refractivity contribution in [2.75, 3.05) is 14.2 Å². The van der Waals surface area contributed by atoms with Crippen molar-refractivity contribution in [2.24, 2.45) is 10.2 Å². The van der Waals surface area contributed by atoms with Gasteiger partial charge in [0.25, 0.3) is 0 Å².